The first-order valence-electron chi connectivity index (χ1n) is 10.4. The van der Waals surface area contributed by atoms with E-state index in [9.17, 15) is 18.3 Å². The molecule has 0 radical (unpaired) electrons. The smallest absolute Gasteiger partial charge is 0.335 e. The van der Waals surface area contributed by atoms with Crippen LogP contribution in [-0.2, 0) is 16.4 Å². The van der Waals surface area contributed by atoms with Crippen molar-refractivity contribution >= 4 is 27.4 Å². The van der Waals surface area contributed by atoms with Gasteiger partial charge in [-0.25, -0.2) is 13.2 Å². The third-order valence-corrected chi connectivity index (χ3v) is 6.07. The minimum Gasteiger partial charge on any atom is -0.478 e. The number of nitrogens with one attached hydrogen (secondary N) is 1. The van der Waals surface area contributed by atoms with Gasteiger partial charge in [0.25, 0.3) is 10.0 Å². The molecule has 0 saturated carbocycles. The van der Waals surface area contributed by atoms with Gasteiger partial charge in [0.2, 0.25) is 0 Å². The predicted molar refractivity (Wildman–Crippen MR) is 122 cm³/mol. The van der Waals surface area contributed by atoms with Gasteiger partial charge in [-0.1, -0.05) is 39.8 Å². The lowest BCUT2D eigenvalue weighted by atomic mass is 10.0. The number of carboxylic acids is 1. The van der Waals surface area contributed by atoms with Crippen LogP contribution in [0.15, 0.2) is 47.4 Å². The molecule has 0 atom stereocenters. The number of carboxylic acid groups (broad SMARTS) is 1. The summed E-state index contributed by atoms with van der Waals surface area (Å²) in [6.07, 6.45) is 2.66. The number of aromatic carboxylic acids is 1. The summed E-state index contributed by atoms with van der Waals surface area (Å²) in [5, 5.41) is 9.37. The first-order valence-corrected chi connectivity index (χ1v) is 11.9. The number of hydrogen-bond donors (Lipinski definition) is 2. The summed E-state index contributed by atoms with van der Waals surface area (Å²) >= 11 is 0. The summed E-state index contributed by atoms with van der Waals surface area (Å²) in [6, 6.07) is 11.4. The minimum atomic E-state index is -3.86. The average Bonchev–Trinajstić information content (AvgIpc) is 2.67. The van der Waals surface area contributed by atoms with Gasteiger partial charge in [-0.15, -0.1) is 0 Å². The van der Waals surface area contributed by atoms with Gasteiger partial charge >= 0.3 is 5.97 Å². The van der Waals surface area contributed by atoms with Crippen LogP contribution in [-0.4, -0.2) is 32.6 Å². The molecule has 0 aliphatic carbocycles. The van der Waals surface area contributed by atoms with Crippen molar-refractivity contribution in [3.8, 4) is 0 Å². The van der Waals surface area contributed by atoms with Gasteiger partial charge in [0.05, 0.1) is 21.8 Å². The molecule has 7 heteroatoms. The Hall–Kier alpha value is -2.54. The maximum atomic E-state index is 13.0. The van der Waals surface area contributed by atoms with Gasteiger partial charge in [0.15, 0.2) is 0 Å². The second-order valence-electron chi connectivity index (χ2n) is 7.87. The number of rotatable bonds is 11. The number of carbonyl (C=O) groups is 1. The zero-order chi connectivity index (χ0) is 22.3. The highest BCUT2D eigenvalue weighted by molar-refractivity contribution is 7.92. The molecule has 0 aliphatic rings. The van der Waals surface area contributed by atoms with Crippen molar-refractivity contribution in [3.05, 3.63) is 53.6 Å². The van der Waals surface area contributed by atoms with Crippen LogP contribution in [0.3, 0.4) is 0 Å². The van der Waals surface area contributed by atoms with Crippen molar-refractivity contribution in [2.45, 2.75) is 51.9 Å². The fourth-order valence-electron chi connectivity index (χ4n) is 3.40. The van der Waals surface area contributed by atoms with Gasteiger partial charge in [0, 0.05) is 13.1 Å². The molecule has 0 heterocycles. The molecule has 0 amide bonds. The number of hydrogen-bond acceptors (Lipinski definition) is 4. The van der Waals surface area contributed by atoms with E-state index in [-0.39, 0.29) is 16.1 Å². The van der Waals surface area contributed by atoms with E-state index in [2.05, 4.69) is 37.3 Å². The Balaban J connectivity index is 2.42. The van der Waals surface area contributed by atoms with Crippen molar-refractivity contribution in [3.63, 3.8) is 0 Å². The fourth-order valence-corrected chi connectivity index (χ4v) is 4.46. The molecule has 0 fully saturated rings. The molecular weight excluding hydrogens is 400 g/mol. The molecule has 0 aliphatic heterocycles. The highest BCUT2D eigenvalue weighted by Crippen LogP contribution is 2.30. The minimum absolute atomic E-state index is 0.0386. The van der Waals surface area contributed by atoms with Crippen molar-refractivity contribution in [1.82, 2.24) is 0 Å². The predicted octanol–water partition coefficient (Wildman–Crippen LogP) is 5.01. The molecule has 0 aromatic heterocycles. The summed E-state index contributed by atoms with van der Waals surface area (Å²) in [7, 11) is -3.86. The van der Waals surface area contributed by atoms with E-state index < -0.39 is 16.0 Å². The van der Waals surface area contributed by atoms with Crippen LogP contribution >= 0.6 is 0 Å². The Morgan fingerprint density at radius 3 is 2.13 bits per heavy atom. The third kappa shape index (κ3) is 6.23. The number of anilines is 2. The van der Waals surface area contributed by atoms with Crippen molar-refractivity contribution in [2.75, 3.05) is 22.7 Å². The summed E-state index contributed by atoms with van der Waals surface area (Å²) in [4.78, 5) is 13.7. The second kappa shape index (κ2) is 10.5. The monoisotopic (exact) mass is 432 g/mol. The summed E-state index contributed by atoms with van der Waals surface area (Å²) < 4.78 is 28.7. The van der Waals surface area contributed by atoms with E-state index in [1.54, 1.807) is 18.2 Å². The molecule has 2 aromatic rings. The SMILES string of the molecule is CCCN(CCC)c1ccc(C(=O)O)cc1NS(=O)(=O)c1ccc(CC(C)C)cc1. The van der Waals surface area contributed by atoms with Gasteiger partial charge in [0.1, 0.15) is 0 Å². The molecule has 0 unspecified atom stereocenters. The summed E-state index contributed by atoms with van der Waals surface area (Å²) in [6.45, 7) is 9.83. The maximum absolute atomic E-state index is 13.0. The van der Waals surface area contributed by atoms with E-state index in [4.69, 9.17) is 0 Å². The van der Waals surface area contributed by atoms with Gasteiger partial charge in [-0.05, 0) is 61.1 Å². The van der Waals surface area contributed by atoms with E-state index in [0.29, 0.717) is 11.6 Å². The Morgan fingerprint density at radius 2 is 1.63 bits per heavy atom. The molecule has 2 rings (SSSR count). The lowest BCUT2D eigenvalue weighted by molar-refractivity contribution is 0.0697. The number of nitrogens with zero attached hydrogens (tertiary/aromatic N) is 1. The molecule has 30 heavy (non-hydrogen) atoms. The second-order valence-corrected chi connectivity index (χ2v) is 9.55. The average molecular weight is 433 g/mol. The molecule has 0 saturated heterocycles. The van der Waals surface area contributed by atoms with Crippen molar-refractivity contribution < 1.29 is 18.3 Å². The van der Waals surface area contributed by atoms with E-state index in [1.165, 1.54) is 12.1 Å². The first kappa shape index (κ1) is 23.7. The van der Waals surface area contributed by atoms with Crippen LogP contribution in [0, 0.1) is 5.92 Å². The quantitative estimate of drug-likeness (QED) is 0.521. The van der Waals surface area contributed by atoms with Crippen LogP contribution in [0.25, 0.3) is 0 Å². The van der Waals surface area contributed by atoms with Gasteiger partial charge in [-0.2, -0.15) is 0 Å². The van der Waals surface area contributed by atoms with Crippen LogP contribution in [0.4, 0.5) is 11.4 Å². The largest absolute Gasteiger partial charge is 0.478 e. The van der Waals surface area contributed by atoms with Crippen LogP contribution in [0.2, 0.25) is 0 Å². The standard InChI is InChI=1S/C23H32N2O4S/c1-5-13-25(14-6-2)22-12-9-19(23(26)27)16-21(22)24-30(28,29)20-10-7-18(8-11-20)15-17(3)4/h7-12,16-17,24H,5-6,13-15H2,1-4H3,(H,26,27). The van der Waals surface area contributed by atoms with Gasteiger partial charge in [-0.3, -0.25) is 4.72 Å². The summed E-state index contributed by atoms with van der Waals surface area (Å²) in [5.74, 6) is -0.618. The Labute approximate surface area is 180 Å². The van der Waals surface area contributed by atoms with Crippen LogP contribution < -0.4 is 9.62 Å². The van der Waals surface area contributed by atoms with Crippen LogP contribution in [0.1, 0.15) is 56.5 Å². The van der Waals surface area contributed by atoms with Gasteiger partial charge < -0.3 is 10.0 Å². The normalized spacial score (nSPS) is 11.5. The molecule has 2 aromatic carbocycles. The Morgan fingerprint density at radius 1 is 1.03 bits per heavy atom. The lowest BCUT2D eigenvalue weighted by Crippen LogP contribution is -2.27. The highest BCUT2D eigenvalue weighted by atomic mass is 32.2. The Bertz CT molecular complexity index is 948. The first-order chi connectivity index (χ1) is 14.2. The fraction of sp³-hybridized carbons (Fsp3) is 0.435. The number of sulfonamides is 1. The highest BCUT2D eigenvalue weighted by Gasteiger charge is 2.20. The van der Waals surface area contributed by atoms with E-state index in [0.717, 1.165) is 37.9 Å². The third-order valence-electron chi connectivity index (χ3n) is 4.69. The topological polar surface area (TPSA) is 86.7 Å². The molecule has 0 bridgehead atoms. The number of benzene rings is 2. The Kier molecular flexibility index (Phi) is 8.29. The molecule has 164 valence electrons. The maximum Gasteiger partial charge on any atom is 0.335 e. The molecule has 2 N–H and O–H groups in total. The summed E-state index contributed by atoms with van der Waals surface area (Å²) in [5.41, 5.74) is 2.08. The zero-order valence-electron chi connectivity index (χ0n) is 18.2. The molecular formula is C23H32N2O4S. The molecule has 0 spiro atoms. The zero-order valence-corrected chi connectivity index (χ0v) is 19.0. The van der Waals surface area contributed by atoms with E-state index in [1.807, 2.05) is 12.1 Å². The van der Waals surface area contributed by atoms with Crippen molar-refractivity contribution in [2.24, 2.45) is 5.92 Å². The van der Waals surface area contributed by atoms with Crippen molar-refractivity contribution in [1.29, 1.82) is 0 Å². The van der Waals surface area contributed by atoms with E-state index >= 15 is 0 Å². The van der Waals surface area contributed by atoms with Crippen LogP contribution in [0.5, 0.6) is 0 Å². The molecule has 6 nitrogen and oxygen atoms in total. The lowest BCUT2D eigenvalue weighted by Gasteiger charge is -2.27.